The molecule has 3 aromatic rings. The van der Waals surface area contributed by atoms with Crippen molar-refractivity contribution in [2.45, 2.75) is 33.4 Å². The second kappa shape index (κ2) is 6.83. The molecule has 10 nitrogen and oxygen atoms in total. The van der Waals surface area contributed by atoms with Gasteiger partial charge in [-0.2, -0.15) is 10.1 Å². The van der Waals surface area contributed by atoms with Crippen molar-refractivity contribution < 1.29 is 14.1 Å². The highest BCUT2D eigenvalue weighted by atomic mass is 16.5. The fourth-order valence-corrected chi connectivity index (χ4v) is 2.41. The molecule has 0 aromatic carbocycles. The molecule has 1 atom stereocenters. The molecule has 0 bridgehead atoms. The van der Waals surface area contributed by atoms with Crippen molar-refractivity contribution in [1.29, 1.82) is 0 Å². The number of methoxy groups -OCH3 is 1. The third-order valence-corrected chi connectivity index (χ3v) is 3.71. The van der Waals surface area contributed by atoms with E-state index in [2.05, 4.69) is 35.3 Å². The maximum atomic E-state index is 11.5. The van der Waals surface area contributed by atoms with Crippen molar-refractivity contribution in [3.8, 4) is 0 Å². The summed E-state index contributed by atoms with van der Waals surface area (Å²) in [6.45, 7) is 5.82. The summed E-state index contributed by atoms with van der Waals surface area (Å²) in [6, 6.07) is -0.219. The number of nitrogens with one attached hydrogen (secondary N) is 1. The van der Waals surface area contributed by atoms with Crippen LogP contribution in [0.1, 0.15) is 31.6 Å². The van der Waals surface area contributed by atoms with Gasteiger partial charge in [-0.05, 0) is 12.8 Å². The smallest absolute Gasteiger partial charge is 0.327 e. The van der Waals surface area contributed by atoms with Gasteiger partial charge >= 0.3 is 5.97 Å². The lowest BCUT2D eigenvalue weighted by atomic mass is 10.0. The first-order valence-corrected chi connectivity index (χ1v) is 7.79. The van der Waals surface area contributed by atoms with Crippen LogP contribution in [0, 0.1) is 12.8 Å². The number of aryl methyl sites for hydroxylation is 1. The Bertz CT molecular complexity index is 886. The molecule has 0 amide bonds. The summed E-state index contributed by atoms with van der Waals surface area (Å²) in [6.07, 6.45) is 3.02. The van der Waals surface area contributed by atoms with Gasteiger partial charge in [0, 0.05) is 0 Å². The van der Waals surface area contributed by atoms with Crippen molar-refractivity contribution in [3.05, 3.63) is 24.2 Å². The molecule has 3 heterocycles. The predicted molar refractivity (Wildman–Crippen MR) is 87.6 cm³/mol. The second-order valence-corrected chi connectivity index (χ2v) is 5.88. The molecule has 0 radical (unpaired) electrons. The molecule has 132 valence electrons. The molecule has 0 spiro atoms. The maximum Gasteiger partial charge on any atom is 0.327 e. The van der Waals surface area contributed by atoms with Gasteiger partial charge in [0.25, 0.3) is 0 Å². The van der Waals surface area contributed by atoms with E-state index in [4.69, 9.17) is 4.52 Å². The number of aromatic nitrogens is 6. The Morgan fingerprint density at radius 3 is 2.84 bits per heavy atom. The van der Waals surface area contributed by atoms with Crippen LogP contribution in [0.25, 0.3) is 11.0 Å². The minimum atomic E-state index is -0.403. The average molecular weight is 345 g/mol. The van der Waals surface area contributed by atoms with Gasteiger partial charge in [0.1, 0.15) is 24.7 Å². The highest BCUT2D eigenvalue weighted by Crippen LogP contribution is 2.27. The number of hydrogen-bond donors (Lipinski definition) is 1. The Morgan fingerprint density at radius 1 is 1.40 bits per heavy atom. The van der Waals surface area contributed by atoms with E-state index in [9.17, 15) is 4.79 Å². The topological polar surface area (TPSA) is 121 Å². The van der Waals surface area contributed by atoms with E-state index in [0.717, 1.165) is 0 Å². The predicted octanol–water partition coefficient (Wildman–Crippen LogP) is 1.50. The zero-order chi connectivity index (χ0) is 18.0. The monoisotopic (exact) mass is 345 g/mol. The number of hydrogen-bond acceptors (Lipinski definition) is 9. The number of carbonyl (C=O) groups excluding carboxylic acids is 1. The van der Waals surface area contributed by atoms with Crippen LogP contribution in [0.3, 0.4) is 0 Å². The number of rotatable bonds is 6. The minimum Gasteiger partial charge on any atom is -0.468 e. The second-order valence-electron chi connectivity index (χ2n) is 5.88. The van der Waals surface area contributed by atoms with Crippen molar-refractivity contribution in [2.24, 2.45) is 5.92 Å². The molecule has 0 fully saturated rings. The SMILES string of the molecule is COC(=O)Cn1ncc2c(NC(c3nc(C)no3)C(C)C)ncnc21. The number of anilines is 1. The van der Waals surface area contributed by atoms with Crippen LogP contribution in [0.2, 0.25) is 0 Å². The van der Waals surface area contributed by atoms with E-state index in [0.29, 0.717) is 28.6 Å². The van der Waals surface area contributed by atoms with Crippen LogP contribution in [0.5, 0.6) is 0 Å². The van der Waals surface area contributed by atoms with Crippen molar-refractivity contribution in [3.63, 3.8) is 0 Å². The molecular weight excluding hydrogens is 326 g/mol. The highest BCUT2D eigenvalue weighted by Gasteiger charge is 2.24. The van der Waals surface area contributed by atoms with Gasteiger partial charge in [0.15, 0.2) is 11.5 Å². The Hall–Kier alpha value is -3.04. The summed E-state index contributed by atoms with van der Waals surface area (Å²) in [5.74, 6) is 1.41. The van der Waals surface area contributed by atoms with E-state index < -0.39 is 5.97 Å². The summed E-state index contributed by atoms with van der Waals surface area (Å²) in [5.41, 5.74) is 0.534. The van der Waals surface area contributed by atoms with Gasteiger partial charge in [-0.3, -0.25) is 4.79 Å². The Morgan fingerprint density at radius 2 is 2.20 bits per heavy atom. The summed E-state index contributed by atoms with van der Waals surface area (Å²) < 4.78 is 11.4. The molecule has 3 rings (SSSR count). The fraction of sp³-hybridized carbons (Fsp3) is 0.467. The van der Waals surface area contributed by atoms with E-state index in [1.807, 2.05) is 13.8 Å². The summed E-state index contributed by atoms with van der Waals surface area (Å²) >= 11 is 0. The Kier molecular flexibility index (Phi) is 4.59. The lowest BCUT2D eigenvalue weighted by Gasteiger charge is -2.19. The minimum absolute atomic E-state index is 0.0209. The molecule has 0 aliphatic carbocycles. The zero-order valence-electron chi connectivity index (χ0n) is 14.4. The Labute approximate surface area is 143 Å². The summed E-state index contributed by atoms with van der Waals surface area (Å²) in [7, 11) is 1.33. The molecule has 3 aromatic heterocycles. The van der Waals surface area contributed by atoms with Gasteiger partial charge in [0.2, 0.25) is 5.89 Å². The third kappa shape index (κ3) is 3.42. The molecule has 10 heteroatoms. The standard InChI is InChI=1S/C15H19N7O3/c1-8(2)12(15-19-9(3)21-25-15)20-13-10-5-18-22(6-11(23)24-4)14(10)17-7-16-13/h5,7-8,12H,6H2,1-4H3,(H,16,17,20). The van der Waals surface area contributed by atoms with Crippen LogP contribution < -0.4 is 5.32 Å². The number of fused-ring (bicyclic) bond motifs is 1. The summed E-state index contributed by atoms with van der Waals surface area (Å²) in [4.78, 5) is 24.3. The lowest BCUT2D eigenvalue weighted by Crippen LogP contribution is -2.18. The number of esters is 1. The maximum absolute atomic E-state index is 11.5. The first kappa shape index (κ1) is 16.8. The molecule has 25 heavy (non-hydrogen) atoms. The molecule has 0 saturated heterocycles. The summed E-state index contributed by atoms with van der Waals surface area (Å²) in [5, 5.41) is 12.0. The molecule has 0 aliphatic rings. The molecule has 1 N–H and O–H groups in total. The lowest BCUT2D eigenvalue weighted by molar-refractivity contribution is -0.141. The molecule has 1 unspecified atom stereocenters. The normalized spacial score (nSPS) is 12.5. The van der Waals surface area contributed by atoms with Crippen molar-refractivity contribution >= 4 is 22.8 Å². The van der Waals surface area contributed by atoms with Crippen molar-refractivity contribution in [2.75, 3.05) is 12.4 Å². The average Bonchev–Trinajstić information content (AvgIpc) is 3.19. The highest BCUT2D eigenvalue weighted by molar-refractivity contribution is 5.87. The largest absolute Gasteiger partial charge is 0.468 e. The van der Waals surface area contributed by atoms with Gasteiger partial charge in [0.05, 0.1) is 18.7 Å². The van der Waals surface area contributed by atoms with Gasteiger partial charge in [-0.25, -0.2) is 14.6 Å². The molecule has 0 aliphatic heterocycles. The van der Waals surface area contributed by atoms with Gasteiger partial charge < -0.3 is 14.6 Å². The van der Waals surface area contributed by atoms with E-state index >= 15 is 0 Å². The quantitative estimate of drug-likeness (QED) is 0.662. The number of carbonyl (C=O) groups is 1. The van der Waals surface area contributed by atoms with Crippen LogP contribution in [0.15, 0.2) is 17.0 Å². The third-order valence-electron chi connectivity index (χ3n) is 3.71. The number of nitrogens with zero attached hydrogens (tertiary/aromatic N) is 6. The first-order chi connectivity index (χ1) is 12.0. The van der Waals surface area contributed by atoms with Crippen LogP contribution in [0.4, 0.5) is 5.82 Å². The van der Waals surface area contributed by atoms with E-state index in [1.54, 1.807) is 13.1 Å². The van der Waals surface area contributed by atoms with E-state index in [1.165, 1.54) is 18.1 Å². The van der Waals surface area contributed by atoms with Gasteiger partial charge in [-0.1, -0.05) is 19.0 Å². The Balaban J connectivity index is 1.94. The van der Waals surface area contributed by atoms with Crippen molar-refractivity contribution in [1.82, 2.24) is 29.9 Å². The molecule has 0 saturated carbocycles. The number of ether oxygens (including phenoxy) is 1. The zero-order valence-corrected chi connectivity index (χ0v) is 14.4. The van der Waals surface area contributed by atoms with Crippen LogP contribution >= 0.6 is 0 Å². The van der Waals surface area contributed by atoms with Gasteiger partial charge in [-0.15, -0.1) is 0 Å². The van der Waals surface area contributed by atoms with E-state index in [-0.39, 0.29) is 18.5 Å². The fourth-order valence-electron chi connectivity index (χ4n) is 2.41. The molecular formula is C15H19N7O3. The van der Waals surface area contributed by atoms with Crippen LogP contribution in [-0.2, 0) is 16.1 Å². The van der Waals surface area contributed by atoms with Crippen LogP contribution in [-0.4, -0.2) is 43.0 Å². The first-order valence-electron chi connectivity index (χ1n) is 7.79.